The number of carbonyl (C=O) groups excluding carboxylic acids is 1. The average Bonchev–Trinajstić information content (AvgIpc) is 2.85. The smallest absolute Gasteiger partial charge is 0.322 e. The van der Waals surface area contributed by atoms with Gasteiger partial charge in [-0.2, -0.15) is 0 Å². The molecule has 0 aliphatic heterocycles. The van der Waals surface area contributed by atoms with E-state index in [-0.39, 0.29) is 24.7 Å². The Kier molecular flexibility index (Phi) is 7.04. The van der Waals surface area contributed by atoms with Gasteiger partial charge in [-0.3, -0.25) is 4.79 Å². The number of hydrogen-bond donors (Lipinski definition) is 2. The highest BCUT2D eigenvalue weighted by Crippen LogP contribution is 2.23. The molecule has 2 amide bonds. The minimum Gasteiger partial charge on any atom is -0.497 e. The van der Waals surface area contributed by atoms with E-state index in [2.05, 4.69) is 10.3 Å². The molecule has 34 heavy (non-hydrogen) atoms. The van der Waals surface area contributed by atoms with Crippen molar-refractivity contribution in [3.05, 3.63) is 99.3 Å². The van der Waals surface area contributed by atoms with Crippen LogP contribution in [0.15, 0.2) is 77.6 Å². The first kappa shape index (κ1) is 23.2. The largest absolute Gasteiger partial charge is 0.497 e. The lowest BCUT2D eigenvalue weighted by atomic mass is 10.1. The number of aromatic amines is 1. The van der Waals surface area contributed by atoms with E-state index in [1.165, 1.54) is 0 Å². The number of rotatable bonds is 7. The molecular weight excluding hydrogens is 454 g/mol. The Morgan fingerprint density at radius 3 is 2.35 bits per heavy atom. The number of benzene rings is 3. The van der Waals surface area contributed by atoms with Crippen LogP contribution in [0.2, 0.25) is 5.02 Å². The molecule has 0 saturated carbocycles. The maximum Gasteiger partial charge on any atom is 0.322 e. The molecule has 1 aromatic heterocycles. The first-order valence-corrected chi connectivity index (χ1v) is 11.0. The molecule has 2 N–H and O–H groups in total. The monoisotopic (exact) mass is 477 g/mol. The number of hydrogen-bond acceptors (Lipinski definition) is 4. The molecule has 0 spiro atoms. The molecule has 0 bridgehead atoms. The van der Waals surface area contributed by atoms with Gasteiger partial charge in [0.05, 0.1) is 37.0 Å². The van der Waals surface area contributed by atoms with Gasteiger partial charge < -0.3 is 24.7 Å². The first-order valence-electron chi connectivity index (χ1n) is 10.6. The van der Waals surface area contributed by atoms with Gasteiger partial charge in [-0.05, 0) is 53.4 Å². The van der Waals surface area contributed by atoms with Gasteiger partial charge in [0.2, 0.25) is 0 Å². The molecule has 3 aromatic carbocycles. The lowest BCUT2D eigenvalue weighted by Crippen LogP contribution is -2.35. The van der Waals surface area contributed by atoms with Gasteiger partial charge >= 0.3 is 6.03 Å². The Hall–Kier alpha value is -3.97. The highest BCUT2D eigenvalue weighted by Gasteiger charge is 2.18. The SMILES string of the molecule is COc1ccc(CN(Cc2cc3ccc(OC)cc3[nH]c2=O)C(=O)Nc2ccccc2Cl)cc1. The van der Waals surface area contributed by atoms with Crippen LogP contribution in [0.1, 0.15) is 11.1 Å². The van der Waals surface area contributed by atoms with Gasteiger partial charge in [0.25, 0.3) is 5.56 Å². The van der Waals surface area contributed by atoms with Crippen molar-refractivity contribution in [2.75, 3.05) is 19.5 Å². The predicted molar refractivity (Wildman–Crippen MR) is 134 cm³/mol. The summed E-state index contributed by atoms with van der Waals surface area (Å²) >= 11 is 6.23. The van der Waals surface area contributed by atoms with E-state index in [9.17, 15) is 9.59 Å². The normalized spacial score (nSPS) is 10.7. The third kappa shape index (κ3) is 5.32. The number of aromatic nitrogens is 1. The minimum absolute atomic E-state index is 0.0968. The molecule has 1 heterocycles. The third-order valence-corrected chi connectivity index (χ3v) is 5.76. The van der Waals surface area contributed by atoms with E-state index in [1.54, 1.807) is 55.5 Å². The van der Waals surface area contributed by atoms with Crippen LogP contribution in [0.3, 0.4) is 0 Å². The zero-order valence-electron chi connectivity index (χ0n) is 18.8. The van der Waals surface area contributed by atoms with Crippen molar-refractivity contribution < 1.29 is 14.3 Å². The number of urea groups is 1. The molecule has 0 aliphatic carbocycles. The summed E-state index contributed by atoms with van der Waals surface area (Å²) in [6, 6.07) is 21.3. The molecular formula is C26H24ClN3O4. The Morgan fingerprint density at radius 2 is 1.65 bits per heavy atom. The molecule has 8 heteroatoms. The maximum atomic E-state index is 13.3. The van der Waals surface area contributed by atoms with E-state index < -0.39 is 0 Å². The number of para-hydroxylation sites is 1. The molecule has 0 unspecified atom stereocenters. The van der Waals surface area contributed by atoms with E-state index in [4.69, 9.17) is 21.1 Å². The van der Waals surface area contributed by atoms with Gasteiger partial charge in [0, 0.05) is 18.2 Å². The Bertz CT molecular complexity index is 1370. The maximum absolute atomic E-state index is 13.3. The number of H-pyrrole nitrogens is 1. The fourth-order valence-electron chi connectivity index (χ4n) is 3.58. The summed E-state index contributed by atoms with van der Waals surface area (Å²) in [7, 11) is 3.17. The number of fused-ring (bicyclic) bond motifs is 1. The molecule has 0 atom stereocenters. The number of pyridine rings is 1. The molecule has 0 saturated heterocycles. The van der Waals surface area contributed by atoms with Crippen molar-refractivity contribution in [2.45, 2.75) is 13.1 Å². The number of methoxy groups -OCH3 is 2. The fraction of sp³-hybridized carbons (Fsp3) is 0.154. The number of halogens is 1. The van der Waals surface area contributed by atoms with Crippen LogP contribution in [0.4, 0.5) is 10.5 Å². The summed E-state index contributed by atoms with van der Waals surface area (Å²) < 4.78 is 10.5. The van der Waals surface area contributed by atoms with Crippen LogP contribution in [-0.4, -0.2) is 30.1 Å². The zero-order chi connectivity index (χ0) is 24.1. The zero-order valence-corrected chi connectivity index (χ0v) is 19.6. The summed E-state index contributed by atoms with van der Waals surface area (Å²) in [6.07, 6.45) is 0. The second kappa shape index (κ2) is 10.3. The van der Waals surface area contributed by atoms with E-state index in [1.807, 2.05) is 36.4 Å². The van der Waals surface area contributed by atoms with Gasteiger partial charge in [0.1, 0.15) is 11.5 Å². The van der Waals surface area contributed by atoms with Crippen LogP contribution < -0.4 is 20.3 Å². The van der Waals surface area contributed by atoms with Gasteiger partial charge in [-0.1, -0.05) is 35.9 Å². The highest BCUT2D eigenvalue weighted by molar-refractivity contribution is 6.33. The van der Waals surface area contributed by atoms with Crippen LogP contribution >= 0.6 is 11.6 Å². The number of anilines is 1. The highest BCUT2D eigenvalue weighted by atomic mass is 35.5. The van der Waals surface area contributed by atoms with Crippen molar-refractivity contribution in [1.29, 1.82) is 0 Å². The van der Waals surface area contributed by atoms with Crippen molar-refractivity contribution >= 4 is 34.2 Å². The van der Waals surface area contributed by atoms with Crippen LogP contribution in [0.25, 0.3) is 10.9 Å². The first-order chi connectivity index (χ1) is 16.5. The number of nitrogens with one attached hydrogen (secondary N) is 2. The number of ether oxygens (including phenoxy) is 2. The summed E-state index contributed by atoms with van der Waals surface area (Å²) in [4.78, 5) is 30.5. The van der Waals surface area contributed by atoms with Crippen LogP contribution in [0.5, 0.6) is 11.5 Å². The summed E-state index contributed by atoms with van der Waals surface area (Å²) in [5, 5.41) is 4.11. The topological polar surface area (TPSA) is 83.7 Å². The van der Waals surface area contributed by atoms with Crippen molar-refractivity contribution in [3.8, 4) is 11.5 Å². The van der Waals surface area contributed by atoms with E-state index in [0.29, 0.717) is 27.5 Å². The Labute approximate surface area is 201 Å². The predicted octanol–water partition coefficient (Wildman–Crippen LogP) is 5.43. The van der Waals surface area contributed by atoms with Crippen LogP contribution in [-0.2, 0) is 13.1 Å². The van der Waals surface area contributed by atoms with Crippen molar-refractivity contribution in [3.63, 3.8) is 0 Å². The second-order valence-corrected chi connectivity index (χ2v) is 8.10. The van der Waals surface area contributed by atoms with Gasteiger partial charge in [0.15, 0.2) is 0 Å². The molecule has 0 fully saturated rings. The lowest BCUT2D eigenvalue weighted by molar-refractivity contribution is 0.206. The number of nitrogens with zero attached hydrogens (tertiary/aromatic N) is 1. The van der Waals surface area contributed by atoms with Crippen molar-refractivity contribution in [2.24, 2.45) is 0 Å². The molecule has 7 nitrogen and oxygen atoms in total. The van der Waals surface area contributed by atoms with Gasteiger partial charge in [-0.15, -0.1) is 0 Å². The summed E-state index contributed by atoms with van der Waals surface area (Å²) in [5.41, 5.74) is 2.23. The number of carbonyl (C=O) groups is 1. The molecule has 0 radical (unpaired) electrons. The Balaban J connectivity index is 1.65. The lowest BCUT2D eigenvalue weighted by Gasteiger charge is -2.24. The molecule has 4 rings (SSSR count). The van der Waals surface area contributed by atoms with E-state index in [0.717, 1.165) is 16.7 Å². The fourth-order valence-corrected chi connectivity index (χ4v) is 3.77. The second-order valence-electron chi connectivity index (χ2n) is 7.69. The van der Waals surface area contributed by atoms with E-state index >= 15 is 0 Å². The Morgan fingerprint density at radius 1 is 0.941 bits per heavy atom. The molecule has 174 valence electrons. The molecule has 0 aliphatic rings. The quantitative estimate of drug-likeness (QED) is 0.371. The average molecular weight is 478 g/mol. The van der Waals surface area contributed by atoms with Crippen LogP contribution in [0, 0.1) is 0 Å². The third-order valence-electron chi connectivity index (χ3n) is 5.43. The summed E-state index contributed by atoms with van der Waals surface area (Å²) in [6.45, 7) is 0.375. The standard InChI is InChI=1S/C26H24ClN3O4/c1-33-20-10-7-17(8-11-20)15-30(26(32)29-23-6-4-3-5-22(23)27)16-19-13-18-9-12-21(34-2)14-24(18)28-25(19)31/h3-14H,15-16H2,1-2H3,(H,28,31)(H,29,32). The molecule has 4 aromatic rings. The minimum atomic E-state index is -0.377. The van der Waals surface area contributed by atoms with Gasteiger partial charge in [-0.25, -0.2) is 4.79 Å². The number of amides is 2. The van der Waals surface area contributed by atoms with Crippen molar-refractivity contribution in [1.82, 2.24) is 9.88 Å². The summed E-state index contributed by atoms with van der Waals surface area (Å²) in [5.74, 6) is 1.37.